The summed E-state index contributed by atoms with van der Waals surface area (Å²) in [6.45, 7) is 2.29. The number of hydrogen-bond donors (Lipinski definition) is 1. The van der Waals surface area contributed by atoms with Crippen LogP contribution in [0.25, 0.3) is 0 Å². The monoisotopic (exact) mass is 321 g/mol. The Morgan fingerprint density at radius 1 is 1.32 bits per heavy atom. The molecule has 0 saturated heterocycles. The fourth-order valence-corrected chi connectivity index (χ4v) is 2.48. The Bertz CT molecular complexity index is 675. The lowest BCUT2D eigenvalue weighted by Gasteiger charge is -2.18. The molecule has 116 valence electrons. The van der Waals surface area contributed by atoms with Crippen LogP contribution in [-0.4, -0.2) is 19.6 Å². The van der Waals surface area contributed by atoms with Gasteiger partial charge in [0.05, 0.1) is 16.7 Å². The SMILES string of the molecule is COC(CNC(=O)c1ccc(F)cc1Cl)c1ccccc1C. The number of carbonyl (C=O) groups is 1. The molecule has 2 aromatic rings. The third-order valence-corrected chi connectivity index (χ3v) is 3.76. The molecule has 0 aliphatic carbocycles. The van der Waals surface area contributed by atoms with E-state index in [2.05, 4.69) is 5.32 Å². The van der Waals surface area contributed by atoms with Crippen LogP contribution in [0.15, 0.2) is 42.5 Å². The zero-order chi connectivity index (χ0) is 16.1. The van der Waals surface area contributed by atoms with Gasteiger partial charge < -0.3 is 10.1 Å². The van der Waals surface area contributed by atoms with Gasteiger partial charge in [0.2, 0.25) is 0 Å². The van der Waals surface area contributed by atoms with E-state index in [4.69, 9.17) is 16.3 Å². The third kappa shape index (κ3) is 3.84. The minimum Gasteiger partial charge on any atom is -0.375 e. The van der Waals surface area contributed by atoms with Gasteiger partial charge in [0.25, 0.3) is 5.91 Å². The standard InChI is InChI=1S/C17H17ClFNO2/c1-11-5-3-4-6-13(11)16(22-2)10-20-17(21)14-8-7-12(19)9-15(14)18/h3-9,16H,10H2,1-2H3,(H,20,21). The van der Waals surface area contributed by atoms with Gasteiger partial charge in [-0.15, -0.1) is 0 Å². The van der Waals surface area contributed by atoms with Crippen molar-refractivity contribution in [2.45, 2.75) is 13.0 Å². The summed E-state index contributed by atoms with van der Waals surface area (Å²) in [5, 5.41) is 2.85. The van der Waals surface area contributed by atoms with E-state index in [9.17, 15) is 9.18 Å². The molecular formula is C17H17ClFNO2. The minimum absolute atomic E-state index is 0.0855. The highest BCUT2D eigenvalue weighted by Gasteiger charge is 2.16. The number of methoxy groups -OCH3 is 1. The number of carbonyl (C=O) groups excluding carboxylic acids is 1. The quantitative estimate of drug-likeness (QED) is 0.907. The van der Waals surface area contributed by atoms with Crippen LogP contribution < -0.4 is 5.32 Å². The van der Waals surface area contributed by atoms with Crippen molar-refractivity contribution in [1.82, 2.24) is 5.32 Å². The maximum absolute atomic E-state index is 13.0. The Hall–Kier alpha value is -1.91. The second-order valence-corrected chi connectivity index (χ2v) is 5.32. The summed E-state index contributed by atoms with van der Waals surface area (Å²) < 4.78 is 18.5. The summed E-state index contributed by atoms with van der Waals surface area (Å²) in [4.78, 5) is 12.1. The molecule has 2 rings (SSSR count). The van der Waals surface area contributed by atoms with Crippen LogP contribution in [0.3, 0.4) is 0 Å². The van der Waals surface area contributed by atoms with Crippen molar-refractivity contribution in [1.29, 1.82) is 0 Å². The van der Waals surface area contributed by atoms with Gasteiger partial charge in [0.15, 0.2) is 0 Å². The fourth-order valence-electron chi connectivity index (χ4n) is 2.22. The molecular weight excluding hydrogens is 305 g/mol. The van der Waals surface area contributed by atoms with Gasteiger partial charge in [0.1, 0.15) is 5.82 Å². The predicted molar refractivity (Wildman–Crippen MR) is 84.7 cm³/mol. The van der Waals surface area contributed by atoms with Gasteiger partial charge in [-0.1, -0.05) is 35.9 Å². The number of benzene rings is 2. The number of nitrogens with one attached hydrogen (secondary N) is 1. The first-order valence-corrected chi connectivity index (χ1v) is 7.22. The maximum atomic E-state index is 13.0. The van der Waals surface area contributed by atoms with E-state index in [-0.39, 0.29) is 22.6 Å². The zero-order valence-electron chi connectivity index (χ0n) is 12.4. The Kier molecular flexibility index (Phi) is 5.52. The van der Waals surface area contributed by atoms with Crippen LogP contribution in [0.5, 0.6) is 0 Å². The molecule has 0 aromatic heterocycles. The summed E-state index contributed by atoms with van der Waals surface area (Å²) in [5.41, 5.74) is 2.33. The van der Waals surface area contributed by atoms with Crippen molar-refractivity contribution < 1.29 is 13.9 Å². The molecule has 1 unspecified atom stereocenters. The fraction of sp³-hybridized carbons (Fsp3) is 0.235. The molecule has 3 nitrogen and oxygen atoms in total. The largest absolute Gasteiger partial charge is 0.375 e. The first kappa shape index (κ1) is 16.5. The molecule has 0 heterocycles. The summed E-state index contributed by atoms with van der Waals surface area (Å²) in [6, 6.07) is 11.5. The Morgan fingerprint density at radius 2 is 2.05 bits per heavy atom. The second-order valence-electron chi connectivity index (χ2n) is 4.92. The lowest BCUT2D eigenvalue weighted by molar-refractivity contribution is 0.0826. The van der Waals surface area contributed by atoms with Crippen LogP contribution >= 0.6 is 11.6 Å². The molecule has 0 spiro atoms. The molecule has 5 heteroatoms. The van der Waals surface area contributed by atoms with E-state index in [1.54, 1.807) is 7.11 Å². The molecule has 0 fully saturated rings. The van der Waals surface area contributed by atoms with Crippen LogP contribution in [0.1, 0.15) is 27.6 Å². The number of aryl methyl sites for hydroxylation is 1. The summed E-state index contributed by atoms with van der Waals surface area (Å²) in [6.07, 6.45) is -0.260. The zero-order valence-corrected chi connectivity index (χ0v) is 13.2. The molecule has 1 amide bonds. The van der Waals surface area contributed by atoms with Gasteiger partial charge in [-0.05, 0) is 36.2 Å². The maximum Gasteiger partial charge on any atom is 0.252 e. The van der Waals surface area contributed by atoms with Crippen molar-refractivity contribution in [3.8, 4) is 0 Å². The lowest BCUT2D eigenvalue weighted by atomic mass is 10.0. The third-order valence-electron chi connectivity index (χ3n) is 3.44. The van der Waals surface area contributed by atoms with E-state index in [0.717, 1.165) is 17.2 Å². The summed E-state index contributed by atoms with van der Waals surface area (Å²) in [5.74, 6) is -0.836. The molecule has 0 bridgehead atoms. The van der Waals surface area contributed by atoms with Crippen LogP contribution in [0.2, 0.25) is 5.02 Å². The predicted octanol–water partition coefficient (Wildman–Crippen LogP) is 3.91. The molecule has 2 aromatic carbocycles. The first-order valence-electron chi connectivity index (χ1n) is 6.84. The molecule has 1 atom stereocenters. The smallest absolute Gasteiger partial charge is 0.252 e. The van der Waals surface area contributed by atoms with Gasteiger partial charge in [-0.25, -0.2) is 4.39 Å². The molecule has 0 radical (unpaired) electrons. The first-order chi connectivity index (χ1) is 10.5. The lowest BCUT2D eigenvalue weighted by Crippen LogP contribution is -2.29. The van der Waals surface area contributed by atoms with Crippen molar-refractivity contribution >= 4 is 17.5 Å². The Balaban J connectivity index is 2.07. The van der Waals surface area contributed by atoms with Gasteiger partial charge in [-0.2, -0.15) is 0 Å². The normalized spacial score (nSPS) is 12.0. The number of hydrogen-bond acceptors (Lipinski definition) is 2. The van der Waals surface area contributed by atoms with Gasteiger partial charge in [0, 0.05) is 13.7 Å². The van der Waals surface area contributed by atoms with E-state index >= 15 is 0 Å². The molecule has 22 heavy (non-hydrogen) atoms. The highest BCUT2D eigenvalue weighted by atomic mass is 35.5. The van der Waals surface area contributed by atoms with Crippen molar-refractivity contribution in [3.05, 3.63) is 70.0 Å². The van der Waals surface area contributed by atoms with Gasteiger partial charge >= 0.3 is 0 Å². The van der Waals surface area contributed by atoms with Crippen molar-refractivity contribution in [2.75, 3.05) is 13.7 Å². The van der Waals surface area contributed by atoms with Crippen LogP contribution in [-0.2, 0) is 4.74 Å². The Morgan fingerprint density at radius 3 is 2.68 bits per heavy atom. The number of amides is 1. The summed E-state index contributed by atoms with van der Waals surface area (Å²) in [7, 11) is 1.59. The van der Waals surface area contributed by atoms with Crippen LogP contribution in [0, 0.1) is 12.7 Å². The average Bonchev–Trinajstić information content (AvgIpc) is 2.49. The molecule has 0 saturated carbocycles. The molecule has 0 aliphatic heterocycles. The highest BCUT2D eigenvalue weighted by Crippen LogP contribution is 2.21. The number of rotatable bonds is 5. The molecule has 0 aliphatic rings. The van der Waals surface area contributed by atoms with E-state index < -0.39 is 5.82 Å². The molecule has 1 N–H and O–H groups in total. The highest BCUT2D eigenvalue weighted by molar-refractivity contribution is 6.33. The van der Waals surface area contributed by atoms with E-state index in [1.807, 2.05) is 31.2 Å². The number of ether oxygens (including phenoxy) is 1. The van der Waals surface area contributed by atoms with Crippen molar-refractivity contribution in [3.63, 3.8) is 0 Å². The topological polar surface area (TPSA) is 38.3 Å². The van der Waals surface area contributed by atoms with E-state index in [1.165, 1.54) is 12.1 Å². The van der Waals surface area contributed by atoms with Crippen molar-refractivity contribution in [2.24, 2.45) is 0 Å². The minimum atomic E-state index is -0.476. The van der Waals surface area contributed by atoms with Gasteiger partial charge in [-0.3, -0.25) is 4.79 Å². The second kappa shape index (κ2) is 7.38. The van der Waals surface area contributed by atoms with E-state index in [0.29, 0.717) is 6.54 Å². The van der Waals surface area contributed by atoms with Crippen LogP contribution in [0.4, 0.5) is 4.39 Å². The number of halogens is 2. The average molecular weight is 322 g/mol. The Labute approximate surface area is 134 Å². The summed E-state index contributed by atoms with van der Waals surface area (Å²) >= 11 is 5.88.